The third-order valence-corrected chi connectivity index (χ3v) is 4.47. The summed E-state index contributed by atoms with van der Waals surface area (Å²) in [6.07, 6.45) is -0.817. The van der Waals surface area contributed by atoms with Gasteiger partial charge < -0.3 is 19.9 Å². The summed E-state index contributed by atoms with van der Waals surface area (Å²) in [5.74, 6) is 1.14. The number of hydrogen-bond donors (Lipinski definition) is 2. The maximum atomic E-state index is 12.0. The summed E-state index contributed by atoms with van der Waals surface area (Å²) in [6, 6.07) is 19.5. The van der Waals surface area contributed by atoms with E-state index in [0.717, 1.165) is 27.6 Å². The van der Waals surface area contributed by atoms with Crippen LogP contribution in [0.15, 0.2) is 60.7 Å². The number of carbonyl (C=O) groups excluding carboxylic acids is 1. The van der Waals surface area contributed by atoms with Crippen LogP contribution < -0.4 is 14.8 Å². The summed E-state index contributed by atoms with van der Waals surface area (Å²) in [6.45, 7) is 3.97. The fourth-order valence-electron chi connectivity index (χ4n) is 3.01. The summed E-state index contributed by atoms with van der Waals surface area (Å²) < 4.78 is 11.4. The van der Waals surface area contributed by atoms with E-state index >= 15 is 0 Å². The molecule has 5 heteroatoms. The number of carbonyl (C=O) groups is 1. The van der Waals surface area contributed by atoms with E-state index in [4.69, 9.17) is 9.47 Å². The summed E-state index contributed by atoms with van der Waals surface area (Å²) in [5, 5.41) is 14.9. The first-order chi connectivity index (χ1) is 13.5. The topological polar surface area (TPSA) is 67.8 Å². The van der Waals surface area contributed by atoms with Crippen LogP contribution in [-0.2, 0) is 4.79 Å². The lowest BCUT2D eigenvalue weighted by atomic mass is 10.1. The van der Waals surface area contributed by atoms with Crippen molar-refractivity contribution in [3.05, 3.63) is 71.8 Å². The second-order valence-corrected chi connectivity index (χ2v) is 6.76. The van der Waals surface area contributed by atoms with Crippen molar-refractivity contribution in [3.8, 4) is 11.5 Å². The van der Waals surface area contributed by atoms with Gasteiger partial charge in [0, 0.05) is 11.9 Å². The average molecular weight is 379 g/mol. The molecule has 0 aliphatic carbocycles. The third kappa shape index (κ3) is 5.02. The van der Waals surface area contributed by atoms with Crippen molar-refractivity contribution in [1.29, 1.82) is 0 Å². The molecule has 0 unspecified atom stereocenters. The Morgan fingerprint density at radius 2 is 1.64 bits per heavy atom. The average Bonchev–Trinajstić information content (AvgIpc) is 2.70. The number of para-hydroxylation sites is 1. The number of amides is 1. The Bertz CT molecular complexity index is 929. The lowest BCUT2D eigenvalue weighted by molar-refractivity contribution is -0.123. The second-order valence-electron chi connectivity index (χ2n) is 6.76. The molecule has 0 radical (unpaired) electrons. The van der Waals surface area contributed by atoms with Crippen LogP contribution in [0.4, 0.5) is 0 Å². The molecule has 0 aliphatic rings. The molecule has 0 bridgehead atoms. The number of hydrogen-bond acceptors (Lipinski definition) is 4. The van der Waals surface area contributed by atoms with Crippen molar-refractivity contribution in [2.45, 2.75) is 20.0 Å². The maximum Gasteiger partial charge on any atom is 0.258 e. The van der Waals surface area contributed by atoms with Gasteiger partial charge in [0.05, 0.1) is 0 Å². The highest BCUT2D eigenvalue weighted by molar-refractivity contribution is 5.88. The Kier molecular flexibility index (Phi) is 6.50. The maximum absolute atomic E-state index is 12.0. The van der Waals surface area contributed by atoms with Crippen molar-refractivity contribution in [1.82, 2.24) is 5.32 Å². The molecule has 0 saturated carbocycles. The summed E-state index contributed by atoms with van der Waals surface area (Å²) in [4.78, 5) is 12.0. The molecule has 3 aromatic rings. The highest BCUT2D eigenvalue weighted by Gasteiger charge is 2.11. The largest absolute Gasteiger partial charge is 0.490 e. The summed E-state index contributed by atoms with van der Waals surface area (Å²) >= 11 is 0. The van der Waals surface area contributed by atoms with Crippen molar-refractivity contribution < 1.29 is 19.4 Å². The van der Waals surface area contributed by atoms with E-state index in [1.807, 2.05) is 74.5 Å². The molecule has 0 spiro atoms. The fraction of sp³-hybridized carbons (Fsp3) is 0.261. The number of aliphatic hydroxyl groups excluding tert-OH is 1. The highest BCUT2D eigenvalue weighted by atomic mass is 16.5. The zero-order chi connectivity index (χ0) is 19.9. The van der Waals surface area contributed by atoms with Gasteiger partial charge in [0.25, 0.3) is 5.91 Å². The Morgan fingerprint density at radius 3 is 2.43 bits per heavy atom. The molecule has 0 saturated heterocycles. The van der Waals surface area contributed by atoms with E-state index in [-0.39, 0.29) is 25.7 Å². The minimum Gasteiger partial charge on any atom is -0.490 e. The molecular formula is C23H25NO4. The van der Waals surface area contributed by atoms with Crippen LogP contribution in [0.2, 0.25) is 0 Å². The zero-order valence-electron chi connectivity index (χ0n) is 16.1. The van der Waals surface area contributed by atoms with Crippen molar-refractivity contribution >= 4 is 16.7 Å². The number of rotatable bonds is 8. The van der Waals surface area contributed by atoms with Gasteiger partial charge in [0.1, 0.15) is 24.2 Å². The number of nitrogens with one attached hydrogen (secondary N) is 1. The van der Waals surface area contributed by atoms with Gasteiger partial charge in [-0.05, 0) is 36.4 Å². The van der Waals surface area contributed by atoms with Crippen molar-refractivity contribution in [2.24, 2.45) is 0 Å². The lowest BCUT2D eigenvalue weighted by Crippen LogP contribution is -2.37. The quantitative estimate of drug-likeness (QED) is 0.630. The summed E-state index contributed by atoms with van der Waals surface area (Å²) in [7, 11) is 0. The number of aryl methyl sites for hydroxylation is 2. The van der Waals surface area contributed by atoms with Gasteiger partial charge in [-0.2, -0.15) is 0 Å². The molecule has 3 aromatic carbocycles. The van der Waals surface area contributed by atoms with E-state index in [1.165, 1.54) is 0 Å². The molecule has 5 nitrogen and oxygen atoms in total. The van der Waals surface area contributed by atoms with Crippen LogP contribution >= 0.6 is 0 Å². The van der Waals surface area contributed by atoms with Gasteiger partial charge >= 0.3 is 0 Å². The van der Waals surface area contributed by atoms with Crippen LogP contribution in [0.3, 0.4) is 0 Å². The third-order valence-electron chi connectivity index (χ3n) is 4.47. The van der Waals surface area contributed by atoms with Gasteiger partial charge in [-0.1, -0.05) is 54.6 Å². The van der Waals surface area contributed by atoms with Gasteiger partial charge in [-0.15, -0.1) is 0 Å². The first-order valence-corrected chi connectivity index (χ1v) is 9.29. The number of ether oxygens (including phenoxy) is 2. The predicted molar refractivity (Wildman–Crippen MR) is 110 cm³/mol. The van der Waals surface area contributed by atoms with Crippen LogP contribution in [0.1, 0.15) is 11.1 Å². The number of fused-ring (bicyclic) bond motifs is 1. The van der Waals surface area contributed by atoms with Crippen molar-refractivity contribution in [3.63, 3.8) is 0 Å². The lowest BCUT2D eigenvalue weighted by Gasteiger charge is -2.15. The first-order valence-electron chi connectivity index (χ1n) is 9.29. The van der Waals surface area contributed by atoms with Crippen LogP contribution in [-0.4, -0.2) is 36.9 Å². The first kappa shape index (κ1) is 19.7. The van der Waals surface area contributed by atoms with E-state index in [9.17, 15) is 9.90 Å². The van der Waals surface area contributed by atoms with Gasteiger partial charge in [0.15, 0.2) is 6.61 Å². The SMILES string of the molecule is Cc1cccc(C)c1OCC(=O)NC[C@H](O)COc1cccc2ccccc12. The van der Waals surface area contributed by atoms with E-state index in [1.54, 1.807) is 0 Å². The van der Waals surface area contributed by atoms with Crippen LogP contribution in [0, 0.1) is 13.8 Å². The Labute approximate surface area is 164 Å². The van der Waals surface area contributed by atoms with Crippen LogP contribution in [0.25, 0.3) is 10.8 Å². The molecule has 0 fully saturated rings. The van der Waals surface area contributed by atoms with Gasteiger partial charge in [-0.3, -0.25) is 4.79 Å². The molecule has 0 heterocycles. The Morgan fingerprint density at radius 1 is 0.964 bits per heavy atom. The molecule has 146 valence electrons. The van der Waals surface area contributed by atoms with Gasteiger partial charge in [-0.25, -0.2) is 0 Å². The molecule has 28 heavy (non-hydrogen) atoms. The molecule has 1 atom stereocenters. The molecule has 3 rings (SSSR count). The predicted octanol–water partition coefficient (Wildman–Crippen LogP) is 3.39. The van der Waals surface area contributed by atoms with E-state index < -0.39 is 6.10 Å². The zero-order valence-corrected chi connectivity index (χ0v) is 16.1. The normalized spacial score (nSPS) is 11.8. The van der Waals surface area contributed by atoms with E-state index in [2.05, 4.69) is 5.32 Å². The summed E-state index contributed by atoms with van der Waals surface area (Å²) in [5.41, 5.74) is 1.97. The van der Waals surface area contributed by atoms with Crippen LogP contribution in [0.5, 0.6) is 11.5 Å². The molecule has 0 aliphatic heterocycles. The molecule has 2 N–H and O–H groups in total. The second kappa shape index (κ2) is 9.24. The van der Waals surface area contributed by atoms with E-state index in [0.29, 0.717) is 5.75 Å². The molecular weight excluding hydrogens is 354 g/mol. The standard InChI is InChI=1S/C23H25NO4/c1-16-7-5-8-17(2)23(16)28-15-22(26)24-13-19(25)14-27-21-12-6-10-18-9-3-4-11-20(18)21/h3-12,19,25H,13-15H2,1-2H3,(H,24,26)/t19-/m0/s1. The number of aliphatic hydroxyl groups is 1. The number of benzene rings is 3. The van der Waals surface area contributed by atoms with Gasteiger partial charge in [0.2, 0.25) is 0 Å². The van der Waals surface area contributed by atoms with Crippen molar-refractivity contribution in [2.75, 3.05) is 19.8 Å². The molecule has 1 amide bonds. The molecule has 0 aromatic heterocycles. The Balaban J connectivity index is 1.45. The Hall–Kier alpha value is -3.05. The monoisotopic (exact) mass is 379 g/mol. The minimum absolute atomic E-state index is 0.0893. The fourth-order valence-corrected chi connectivity index (χ4v) is 3.01. The smallest absolute Gasteiger partial charge is 0.258 e. The minimum atomic E-state index is -0.817. The highest BCUT2D eigenvalue weighted by Crippen LogP contribution is 2.25.